The third-order valence-corrected chi connectivity index (χ3v) is 6.38. The van der Waals surface area contributed by atoms with Crippen molar-refractivity contribution in [1.82, 2.24) is 19.7 Å². The second-order valence-electron chi connectivity index (χ2n) is 6.62. The lowest BCUT2D eigenvalue weighted by molar-refractivity contribution is -0.0566. The predicted molar refractivity (Wildman–Crippen MR) is 115 cm³/mol. The van der Waals surface area contributed by atoms with Gasteiger partial charge in [0, 0.05) is 5.75 Å². The number of ether oxygens (including phenoxy) is 1. The minimum atomic E-state index is -1.23. The van der Waals surface area contributed by atoms with Crippen LogP contribution in [0, 0.1) is 0 Å². The molecule has 1 fully saturated rings. The lowest BCUT2D eigenvalue weighted by atomic mass is 10.1. The average molecular weight is 469 g/mol. The van der Waals surface area contributed by atoms with E-state index in [2.05, 4.69) is 15.1 Å². The van der Waals surface area contributed by atoms with Crippen LogP contribution in [0.3, 0.4) is 0 Å². The molecule has 8 nitrogen and oxygen atoms in total. The molecule has 0 bridgehead atoms. The molecule has 3 N–H and O–H groups in total. The molecule has 1 saturated heterocycles. The quantitative estimate of drug-likeness (QED) is 0.373. The normalized spacial score (nSPS) is 24.3. The second kappa shape index (κ2) is 9.19. The number of nitrogens with zero attached hydrogens (tertiary/aromatic N) is 4. The van der Waals surface area contributed by atoms with Crippen molar-refractivity contribution in [2.24, 2.45) is 0 Å². The molecule has 4 atom stereocenters. The van der Waals surface area contributed by atoms with E-state index in [4.69, 9.17) is 27.9 Å². The van der Waals surface area contributed by atoms with Gasteiger partial charge in [0.1, 0.15) is 29.7 Å². The van der Waals surface area contributed by atoms with Gasteiger partial charge in [0.25, 0.3) is 0 Å². The molecule has 3 heterocycles. The van der Waals surface area contributed by atoms with Crippen molar-refractivity contribution in [3.8, 4) is 0 Å². The van der Waals surface area contributed by atoms with Gasteiger partial charge in [0.15, 0.2) is 11.9 Å². The molecule has 4 rings (SSSR count). The van der Waals surface area contributed by atoms with Crippen molar-refractivity contribution >= 4 is 52.1 Å². The fourth-order valence-electron chi connectivity index (χ4n) is 3.15. The number of fused-ring (bicyclic) bond motifs is 1. The molecule has 0 amide bonds. The molecule has 0 spiro atoms. The van der Waals surface area contributed by atoms with E-state index in [1.165, 1.54) is 22.8 Å². The number of halogens is 2. The van der Waals surface area contributed by atoms with Gasteiger partial charge >= 0.3 is 0 Å². The minimum absolute atomic E-state index is 0.408. The maximum atomic E-state index is 10.3. The average Bonchev–Trinajstić information content (AvgIpc) is 3.29. The maximum absolute atomic E-state index is 10.3. The van der Waals surface area contributed by atoms with E-state index in [0.717, 1.165) is 10.6 Å². The third kappa shape index (κ3) is 4.19. The SMILES string of the molecule is OC[C@H]1OC(n2ncc3c(SC/C=C/c4ccc(Cl)c(Cl)c4)ncnc32)[C@H](O)[C@@H]1O. The van der Waals surface area contributed by atoms with Crippen LogP contribution in [0.5, 0.6) is 0 Å². The molecule has 0 aliphatic carbocycles. The van der Waals surface area contributed by atoms with Crippen LogP contribution in [-0.2, 0) is 4.74 Å². The standard InChI is InChI=1S/C19H18Cl2N4O4S/c20-12-4-3-10(6-13(12)21)2-1-5-30-18-11-7-24-25(17(11)22-9-23-18)19-16(28)15(27)14(8-26)29-19/h1-4,6-7,9,14-16,19,26-28H,5,8H2/b2-1+/t14-,15-,16-,19?/m1/s1. The van der Waals surface area contributed by atoms with Crippen LogP contribution in [0.4, 0.5) is 0 Å². The summed E-state index contributed by atoms with van der Waals surface area (Å²) in [4.78, 5) is 8.56. The number of hydrogen-bond acceptors (Lipinski definition) is 8. The van der Waals surface area contributed by atoms with Crippen LogP contribution in [-0.4, -0.2) is 65.7 Å². The smallest absolute Gasteiger partial charge is 0.181 e. The molecule has 1 aliphatic rings. The van der Waals surface area contributed by atoms with Crippen molar-refractivity contribution in [2.45, 2.75) is 29.6 Å². The van der Waals surface area contributed by atoms with Gasteiger partial charge in [-0.15, -0.1) is 11.8 Å². The van der Waals surface area contributed by atoms with Gasteiger partial charge in [-0.1, -0.05) is 41.4 Å². The highest BCUT2D eigenvalue weighted by atomic mass is 35.5. The molecule has 1 aromatic carbocycles. The summed E-state index contributed by atoms with van der Waals surface area (Å²) in [5.74, 6) is 0.644. The first-order valence-corrected chi connectivity index (χ1v) is 10.8. The number of rotatable bonds is 6. The number of aliphatic hydroxyl groups is 3. The molecule has 11 heteroatoms. The van der Waals surface area contributed by atoms with Gasteiger partial charge in [-0.3, -0.25) is 0 Å². The summed E-state index contributed by atoms with van der Waals surface area (Å²) in [5.41, 5.74) is 1.41. The largest absolute Gasteiger partial charge is 0.394 e. The lowest BCUT2D eigenvalue weighted by Crippen LogP contribution is -2.33. The number of thioether (sulfide) groups is 1. The molecule has 3 aromatic rings. The van der Waals surface area contributed by atoms with E-state index in [1.54, 1.807) is 18.3 Å². The monoisotopic (exact) mass is 468 g/mol. The number of aromatic nitrogens is 4. The Morgan fingerprint density at radius 1 is 1.17 bits per heavy atom. The fraction of sp³-hybridized carbons (Fsp3) is 0.316. The molecule has 1 unspecified atom stereocenters. The summed E-state index contributed by atoms with van der Waals surface area (Å²) in [7, 11) is 0. The topological polar surface area (TPSA) is 114 Å². The Labute approximate surface area is 186 Å². The summed E-state index contributed by atoms with van der Waals surface area (Å²) in [6, 6.07) is 5.42. The zero-order chi connectivity index (χ0) is 21.3. The second-order valence-corrected chi connectivity index (χ2v) is 8.44. The molecule has 1 aliphatic heterocycles. The highest BCUT2D eigenvalue weighted by Gasteiger charge is 2.44. The summed E-state index contributed by atoms with van der Waals surface area (Å²) >= 11 is 13.4. The minimum Gasteiger partial charge on any atom is -0.394 e. The summed E-state index contributed by atoms with van der Waals surface area (Å²) in [6.45, 7) is -0.408. The molecule has 0 radical (unpaired) electrons. The first kappa shape index (κ1) is 21.5. The van der Waals surface area contributed by atoms with Gasteiger partial charge in [-0.2, -0.15) is 5.10 Å². The summed E-state index contributed by atoms with van der Waals surface area (Å²) < 4.78 is 6.94. The van der Waals surface area contributed by atoms with Gasteiger partial charge < -0.3 is 20.1 Å². The zero-order valence-electron chi connectivity index (χ0n) is 15.5. The van der Waals surface area contributed by atoms with Gasteiger partial charge in [0.05, 0.1) is 28.2 Å². The highest BCUT2D eigenvalue weighted by molar-refractivity contribution is 7.99. The first-order valence-electron chi connectivity index (χ1n) is 9.04. The van der Waals surface area contributed by atoms with Crippen molar-refractivity contribution in [2.75, 3.05) is 12.4 Å². The van der Waals surface area contributed by atoms with Crippen molar-refractivity contribution in [1.29, 1.82) is 0 Å². The molecule has 0 saturated carbocycles. The van der Waals surface area contributed by atoms with E-state index in [0.29, 0.717) is 26.8 Å². The van der Waals surface area contributed by atoms with E-state index in [9.17, 15) is 15.3 Å². The Hall–Kier alpha value is -1.72. The summed E-state index contributed by atoms with van der Waals surface area (Å²) in [6.07, 6.45) is 2.66. The first-order chi connectivity index (χ1) is 14.5. The van der Waals surface area contributed by atoms with E-state index < -0.39 is 31.1 Å². The van der Waals surface area contributed by atoms with Crippen LogP contribution in [0.1, 0.15) is 11.8 Å². The Kier molecular flexibility index (Phi) is 6.59. The Balaban J connectivity index is 1.49. The number of aliphatic hydroxyl groups excluding tert-OH is 3. The molecule has 30 heavy (non-hydrogen) atoms. The van der Waals surface area contributed by atoms with E-state index in [1.807, 2.05) is 18.2 Å². The van der Waals surface area contributed by atoms with E-state index >= 15 is 0 Å². The van der Waals surface area contributed by atoms with Gasteiger partial charge in [0.2, 0.25) is 0 Å². The van der Waals surface area contributed by atoms with Crippen LogP contribution < -0.4 is 0 Å². The van der Waals surface area contributed by atoms with E-state index in [-0.39, 0.29) is 0 Å². The lowest BCUT2D eigenvalue weighted by Gasteiger charge is -2.15. The van der Waals surface area contributed by atoms with Crippen molar-refractivity contribution < 1.29 is 20.1 Å². The Bertz CT molecular complexity index is 1080. The molecular formula is C19H18Cl2N4O4S. The third-order valence-electron chi connectivity index (χ3n) is 4.68. The number of benzene rings is 1. The van der Waals surface area contributed by atoms with Gasteiger partial charge in [-0.25, -0.2) is 14.6 Å². The highest BCUT2D eigenvalue weighted by Crippen LogP contribution is 2.32. The van der Waals surface area contributed by atoms with Crippen LogP contribution in [0.2, 0.25) is 10.0 Å². The zero-order valence-corrected chi connectivity index (χ0v) is 17.8. The Morgan fingerprint density at radius 2 is 2.00 bits per heavy atom. The van der Waals surface area contributed by atoms with Crippen molar-refractivity contribution in [3.05, 3.63) is 52.4 Å². The van der Waals surface area contributed by atoms with Crippen LogP contribution in [0.25, 0.3) is 17.1 Å². The fourth-order valence-corrected chi connectivity index (χ4v) is 4.23. The predicted octanol–water partition coefficient (Wildman–Crippen LogP) is 2.55. The molecular weight excluding hydrogens is 451 g/mol. The molecule has 158 valence electrons. The van der Waals surface area contributed by atoms with Gasteiger partial charge in [-0.05, 0) is 17.7 Å². The Morgan fingerprint density at radius 3 is 2.73 bits per heavy atom. The summed E-state index contributed by atoms with van der Waals surface area (Å²) in [5, 5.41) is 36.2. The maximum Gasteiger partial charge on any atom is 0.181 e. The molecule has 2 aromatic heterocycles. The number of hydrogen-bond donors (Lipinski definition) is 3. The van der Waals surface area contributed by atoms with Crippen molar-refractivity contribution in [3.63, 3.8) is 0 Å². The van der Waals surface area contributed by atoms with Crippen LogP contribution >= 0.6 is 35.0 Å². The van der Waals surface area contributed by atoms with Crippen LogP contribution in [0.15, 0.2) is 41.8 Å².